The topological polar surface area (TPSA) is 75.4 Å². The summed E-state index contributed by atoms with van der Waals surface area (Å²) >= 11 is 1.76. The molecule has 0 saturated carbocycles. The fourth-order valence-electron chi connectivity index (χ4n) is 4.34. The summed E-state index contributed by atoms with van der Waals surface area (Å²) in [6, 6.07) is 16.3. The third-order valence-electron chi connectivity index (χ3n) is 6.31. The van der Waals surface area contributed by atoms with E-state index in [4.69, 9.17) is 4.52 Å². The van der Waals surface area contributed by atoms with Crippen molar-refractivity contribution in [1.82, 2.24) is 24.9 Å². The molecule has 1 fully saturated rings. The van der Waals surface area contributed by atoms with Crippen LogP contribution < -0.4 is 0 Å². The Hall–Kier alpha value is -3.10. The van der Waals surface area contributed by atoms with Crippen LogP contribution in [0.15, 0.2) is 53.1 Å². The van der Waals surface area contributed by atoms with Crippen molar-refractivity contribution >= 4 is 27.5 Å². The van der Waals surface area contributed by atoms with Gasteiger partial charge in [-0.2, -0.15) is 4.98 Å². The van der Waals surface area contributed by atoms with E-state index in [0.29, 0.717) is 24.7 Å². The second kappa shape index (κ2) is 10.4. The van der Waals surface area contributed by atoms with Gasteiger partial charge in [0.2, 0.25) is 17.6 Å². The average Bonchev–Trinajstić information content (AvgIpc) is 3.49. The number of nitrogens with zero attached hydrogens (tertiary/aromatic N) is 5. The van der Waals surface area contributed by atoms with E-state index in [1.807, 2.05) is 48.2 Å². The standard InChI is InChI=1S/C26H29N5O2S/c1-19-8-2-3-9-20(19)26-28-23(33-29-26)18-30-14-16-31(17-15-30)25(32)13-7-6-12-24-27-21-10-4-5-11-22(21)34-24/h2-5,8-11H,6-7,12-18H2,1H3. The first-order chi connectivity index (χ1) is 16.7. The van der Waals surface area contributed by atoms with Crippen LogP contribution in [0.3, 0.4) is 0 Å². The van der Waals surface area contributed by atoms with E-state index in [1.54, 1.807) is 11.3 Å². The minimum absolute atomic E-state index is 0.253. The molecular weight excluding hydrogens is 446 g/mol. The highest BCUT2D eigenvalue weighted by Gasteiger charge is 2.22. The number of para-hydroxylation sites is 1. The summed E-state index contributed by atoms with van der Waals surface area (Å²) < 4.78 is 6.72. The van der Waals surface area contributed by atoms with Crippen LogP contribution in [0.25, 0.3) is 21.6 Å². The number of benzene rings is 2. The van der Waals surface area contributed by atoms with Crippen LogP contribution in [-0.2, 0) is 17.8 Å². The number of aryl methyl sites for hydroxylation is 2. The van der Waals surface area contributed by atoms with Gasteiger partial charge in [-0.25, -0.2) is 4.98 Å². The maximum absolute atomic E-state index is 12.7. The van der Waals surface area contributed by atoms with Crippen molar-refractivity contribution in [1.29, 1.82) is 0 Å². The number of fused-ring (bicyclic) bond motifs is 1. The largest absolute Gasteiger partial charge is 0.340 e. The van der Waals surface area contributed by atoms with Crippen LogP contribution in [0.2, 0.25) is 0 Å². The molecule has 7 nitrogen and oxygen atoms in total. The number of piperazine rings is 1. The third-order valence-corrected chi connectivity index (χ3v) is 7.40. The summed E-state index contributed by atoms with van der Waals surface area (Å²) in [4.78, 5) is 26.2. The molecule has 0 N–H and O–H groups in total. The Balaban J connectivity index is 1.03. The van der Waals surface area contributed by atoms with Gasteiger partial charge >= 0.3 is 0 Å². The Labute approximate surface area is 203 Å². The molecule has 1 aliphatic rings. The molecule has 4 aromatic rings. The number of hydrogen-bond acceptors (Lipinski definition) is 7. The Bertz CT molecular complexity index is 1230. The fraction of sp³-hybridized carbons (Fsp3) is 0.385. The normalized spacial score (nSPS) is 14.7. The molecule has 1 aliphatic heterocycles. The van der Waals surface area contributed by atoms with Crippen molar-refractivity contribution in [2.24, 2.45) is 0 Å². The summed E-state index contributed by atoms with van der Waals surface area (Å²) in [5.41, 5.74) is 3.20. The predicted molar refractivity (Wildman–Crippen MR) is 134 cm³/mol. The Morgan fingerprint density at radius 2 is 1.79 bits per heavy atom. The summed E-state index contributed by atoms with van der Waals surface area (Å²) in [6.45, 7) is 5.79. The molecule has 8 heteroatoms. The van der Waals surface area contributed by atoms with Crippen molar-refractivity contribution in [2.45, 2.75) is 39.2 Å². The number of carbonyl (C=O) groups excluding carboxylic acids is 1. The fourth-order valence-corrected chi connectivity index (χ4v) is 5.35. The SMILES string of the molecule is Cc1ccccc1-c1noc(CN2CCN(C(=O)CCCCc3nc4ccccc4s3)CC2)n1. The lowest BCUT2D eigenvalue weighted by Crippen LogP contribution is -2.48. The Morgan fingerprint density at radius 1 is 1.00 bits per heavy atom. The molecule has 0 atom stereocenters. The molecule has 0 radical (unpaired) electrons. The second-order valence-electron chi connectivity index (χ2n) is 8.77. The molecular formula is C26H29N5O2S. The molecule has 0 unspecified atom stereocenters. The van der Waals surface area contributed by atoms with E-state index < -0.39 is 0 Å². The number of hydrogen-bond donors (Lipinski definition) is 0. The number of unbranched alkanes of at least 4 members (excludes halogenated alkanes) is 1. The molecule has 2 aromatic carbocycles. The first-order valence-corrected chi connectivity index (χ1v) is 12.7. The molecule has 176 valence electrons. The maximum atomic E-state index is 12.7. The van der Waals surface area contributed by atoms with Crippen LogP contribution >= 0.6 is 11.3 Å². The van der Waals surface area contributed by atoms with Crippen molar-refractivity contribution in [3.05, 3.63) is 65.0 Å². The first kappa shape index (κ1) is 22.7. The minimum atomic E-state index is 0.253. The number of carbonyl (C=O) groups is 1. The van der Waals surface area contributed by atoms with E-state index in [-0.39, 0.29) is 5.91 Å². The Kier molecular flexibility index (Phi) is 6.97. The zero-order valence-electron chi connectivity index (χ0n) is 19.4. The summed E-state index contributed by atoms with van der Waals surface area (Å²) in [5.74, 6) is 1.50. The van der Waals surface area contributed by atoms with Gasteiger partial charge < -0.3 is 9.42 Å². The molecule has 0 aliphatic carbocycles. The zero-order chi connectivity index (χ0) is 23.3. The summed E-state index contributed by atoms with van der Waals surface area (Å²) in [6.07, 6.45) is 3.44. The highest BCUT2D eigenvalue weighted by Crippen LogP contribution is 2.23. The van der Waals surface area contributed by atoms with Crippen LogP contribution in [-0.4, -0.2) is 57.0 Å². The van der Waals surface area contributed by atoms with Crippen molar-refractivity contribution in [2.75, 3.05) is 26.2 Å². The molecule has 1 amide bonds. The van der Waals surface area contributed by atoms with E-state index >= 15 is 0 Å². The summed E-state index contributed by atoms with van der Waals surface area (Å²) in [7, 11) is 0. The van der Waals surface area contributed by atoms with Crippen molar-refractivity contribution < 1.29 is 9.32 Å². The lowest BCUT2D eigenvalue weighted by atomic mass is 10.1. The lowest BCUT2D eigenvalue weighted by molar-refractivity contribution is -0.133. The Morgan fingerprint density at radius 3 is 2.62 bits per heavy atom. The quantitative estimate of drug-likeness (QED) is 0.344. The van der Waals surface area contributed by atoms with Crippen LogP contribution in [0.4, 0.5) is 0 Å². The summed E-state index contributed by atoms with van der Waals surface area (Å²) in [5, 5.41) is 5.31. The van der Waals surface area contributed by atoms with E-state index in [1.165, 1.54) is 4.70 Å². The number of rotatable bonds is 8. The highest BCUT2D eigenvalue weighted by molar-refractivity contribution is 7.18. The molecule has 1 saturated heterocycles. The van der Waals surface area contributed by atoms with Gasteiger partial charge in [0.15, 0.2) is 0 Å². The lowest BCUT2D eigenvalue weighted by Gasteiger charge is -2.34. The smallest absolute Gasteiger partial charge is 0.241 e. The van der Waals surface area contributed by atoms with Gasteiger partial charge in [0.25, 0.3) is 0 Å². The molecule has 34 heavy (non-hydrogen) atoms. The minimum Gasteiger partial charge on any atom is -0.340 e. The number of amides is 1. The van der Waals surface area contributed by atoms with Gasteiger partial charge in [-0.3, -0.25) is 9.69 Å². The molecule has 3 heterocycles. The van der Waals surface area contributed by atoms with Gasteiger partial charge in [-0.05, 0) is 43.9 Å². The monoisotopic (exact) mass is 475 g/mol. The zero-order valence-corrected chi connectivity index (χ0v) is 20.3. The van der Waals surface area contributed by atoms with E-state index in [2.05, 4.69) is 32.2 Å². The van der Waals surface area contributed by atoms with Crippen molar-refractivity contribution in [3.63, 3.8) is 0 Å². The van der Waals surface area contributed by atoms with Crippen LogP contribution in [0, 0.1) is 6.92 Å². The van der Waals surface area contributed by atoms with Crippen molar-refractivity contribution in [3.8, 4) is 11.4 Å². The van der Waals surface area contributed by atoms with Gasteiger partial charge in [-0.15, -0.1) is 11.3 Å². The molecule has 5 rings (SSSR count). The van der Waals surface area contributed by atoms with Gasteiger partial charge in [0, 0.05) is 38.2 Å². The molecule has 0 spiro atoms. The molecule has 2 aromatic heterocycles. The third kappa shape index (κ3) is 5.34. The van der Waals surface area contributed by atoms with Crippen LogP contribution in [0.1, 0.15) is 35.7 Å². The number of aromatic nitrogens is 3. The van der Waals surface area contributed by atoms with Crippen LogP contribution in [0.5, 0.6) is 0 Å². The average molecular weight is 476 g/mol. The maximum Gasteiger partial charge on any atom is 0.241 e. The van der Waals surface area contributed by atoms with Gasteiger partial charge in [0.1, 0.15) is 0 Å². The second-order valence-corrected chi connectivity index (χ2v) is 9.88. The predicted octanol–water partition coefficient (Wildman–Crippen LogP) is 4.71. The van der Waals surface area contributed by atoms with E-state index in [0.717, 1.165) is 67.1 Å². The highest BCUT2D eigenvalue weighted by atomic mass is 32.1. The van der Waals surface area contributed by atoms with Gasteiger partial charge in [0.05, 0.1) is 21.8 Å². The first-order valence-electron chi connectivity index (χ1n) is 11.9. The van der Waals surface area contributed by atoms with Gasteiger partial charge in [-0.1, -0.05) is 41.6 Å². The molecule has 0 bridgehead atoms. The van der Waals surface area contributed by atoms with E-state index in [9.17, 15) is 4.79 Å². The number of thiazole rings is 1.